The molecule has 0 atom stereocenters. The monoisotopic (exact) mass is 277 g/mol. The molecular weight excluding hydrogens is 262 g/mol. The lowest BCUT2D eigenvalue weighted by Gasteiger charge is -2.15. The first kappa shape index (κ1) is 13.9. The topological polar surface area (TPSA) is 81.8 Å². The van der Waals surface area contributed by atoms with Gasteiger partial charge >= 0.3 is 5.97 Å². The van der Waals surface area contributed by atoms with Crippen molar-refractivity contribution in [1.29, 1.82) is 0 Å². The van der Waals surface area contributed by atoms with Crippen molar-refractivity contribution in [3.8, 4) is 22.8 Å². The summed E-state index contributed by atoms with van der Waals surface area (Å²) in [5.41, 5.74) is 2.96. The van der Waals surface area contributed by atoms with Gasteiger partial charge in [0.1, 0.15) is 5.69 Å². The smallest absolute Gasteiger partial charge is 0.374 e. The molecule has 6 heteroatoms. The zero-order valence-corrected chi connectivity index (χ0v) is 11.7. The lowest BCUT2D eigenvalue weighted by Crippen LogP contribution is -1.98. The molecule has 1 aromatic carbocycles. The van der Waals surface area contributed by atoms with E-state index in [2.05, 4.69) is 5.16 Å². The van der Waals surface area contributed by atoms with Crippen molar-refractivity contribution in [3.63, 3.8) is 0 Å². The highest BCUT2D eigenvalue weighted by atomic mass is 16.5. The summed E-state index contributed by atoms with van der Waals surface area (Å²) in [7, 11) is 3.08. The van der Waals surface area contributed by atoms with Crippen LogP contribution in [0.5, 0.6) is 11.5 Å². The van der Waals surface area contributed by atoms with Gasteiger partial charge in [-0.15, -0.1) is 0 Å². The van der Waals surface area contributed by atoms with E-state index in [0.717, 1.165) is 11.1 Å². The van der Waals surface area contributed by atoms with Crippen molar-refractivity contribution in [2.24, 2.45) is 0 Å². The molecule has 1 heterocycles. The van der Waals surface area contributed by atoms with Gasteiger partial charge in [-0.2, -0.15) is 0 Å². The number of rotatable bonds is 4. The van der Waals surface area contributed by atoms with Gasteiger partial charge < -0.3 is 19.1 Å². The molecule has 6 nitrogen and oxygen atoms in total. The van der Waals surface area contributed by atoms with Crippen LogP contribution in [0.15, 0.2) is 16.7 Å². The average Bonchev–Trinajstić information content (AvgIpc) is 2.90. The predicted octanol–water partition coefficient (Wildman–Crippen LogP) is 2.67. The van der Waals surface area contributed by atoms with Gasteiger partial charge in [-0.05, 0) is 31.0 Å². The Labute approximate surface area is 115 Å². The molecule has 0 aliphatic carbocycles. The molecule has 0 spiro atoms. The normalized spacial score (nSPS) is 10.4. The highest BCUT2D eigenvalue weighted by Gasteiger charge is 2.20. The molecular formula is C14H15NO5. The van der Waals surface area contributed by atoms with Crippen molar-refractivity contribution in [1.82, 2.24) is 5.16 Å². The second-order valence-corrected chi connectivity index (χ2v) is 4.31. The van der Waals surface area contributed by atoms with E-state index in [1.54, 1.807) is 7.11 Å². The maximum absolute atomic E-state index is 10.9. The number of carboxylic acid groups (broad SMARTS) is 1. The third-order valence-electron chi connectivity index (χ3n) is 3.15. The molecule has 106 valence electrons. The summed E-state index contributed by atoms with van der Waals surface area (Å²) in [6, 6.07) is 3.22. The van der Waals surface area contributed by atoms with Crippen LogP contribution in [0.2, 0.25) is 0 Å². The minimum absolute atomic E-state index is 0.223. The number of hydrogen-bond acceptors (Lipinski definition) is 5. The number of aromatic carboxylic acids is 1. The van der Waals surface area contributed by atoms with Crippen molar-refractivity contribution >= 4 is 5.97 Å². The molecule has 0 aliphatic rings. The van der Waals surface area contributed by atoms with Crippen LogP contribution < -0.4 is 9.47 Å². The fourth-order valence-corrected chi connectivity index (χ4v) is 2.00. The Morgan fingerprint density at radius 3 is 2.35 bits per heavy atom. The van der Waals surface area contributed by atoms with Gasteiger partial charge in [-0.3, -0.25) is 0 Å². The molecule has 0 aliphatic heterocycles. The first-order valence-electron chi connectivity index (χ1n) is 5.92. The molecule has 0 radical (unpaired) electrons. The van der Waals surface area contributed by atoms with Crippen LogP contribution in [0.1, 0.15) is 21.7 Å². The number of hydrogen-bond donors (Lipinski definition) is 1. The van der Waals surface area contributed by atoms with Crippen LogP contribution in [0.4, 0.5) is 0 Å². The number of methoxy groups -OCH3 is 2. The number of nitrogens with zero attached hydrogens (tertiary/aromatic N) is 1. The summed E-state index contributed by atoms with van der Waals surface area (Å²) in [4.78, 5) is 10.9. The van der Waals surface area contributed by atoms with E-state index in [0.29, 0.717) is 22.8 Å². The number of carboxylic acids is 1. The lowest BCUT2D eigenvalue weighted by atomic mass is 10.0. The molecule has 2 aromatic rings. The van der Waals surface area contributed by atoms with Crippen LogP contribution in [0, 0.1) is 13.8 Å². The Hall–Kier alpha value is -2.50. The Morgan fingerprint density at radius 2 is 1.85 bits per heavy atom. The van der Waals surface area contributed by atoms with E-state index in [4.69, 9.17) is 19.1 Å². The SMILES string of the molecule is COc1c(-c2cc(C(=O)O)on2)cc(C)c(C)c1OC. The fraction of sp³-hybridized carbons (Fsp3) is 0.286. The summed E-state index contributed by atoms with van der Waals surface area (Å²) in [5, 5.41) is 12.7. The Balaban J connectivity index is 2.66. The molecule has 0 saturated carbocycles. The maximum atomic E-state index is 10.9. The maximum Gasteiger partial charge on any atom is 0.374 e. The van der Waals surface area contributed by atoms with E-state index in [9.17, 15) is 4.79 Å². The summed E-state index contributed by atoms with van der Waals surface area (Å²) >= 11 is 0. The van der Waals surface area contributed by atoms with Gasteiger partial charge in [-0.25, -0.2) is 4.79 Å². The van der Waals surface area contributed by atoms with Crippen LogP contribution in [-0.4, -0.2) is 30.5 Å². The Morgan fingerprint density at radius 1 is 1.20 bits per heavy atom. The van der Waals surface area contributed by atoms with E-state index < -0.39 is 5.97 Å². The van der Waals surface area contributed by atoms with Crippen LogP contribution in [0.3, 0.4) is 0 Å². The quantitative estimate of drug-likeness (QED) is 0.925. The van der Waals surface area contributed by atoms with E-state index in [-0.39, 0.29) is 5.76 Å². The lowest BCUT2D eigenvalue weighted by molar-refractivity contribution is 0.0652. The van der Waals surface area contributed by atoms with Gasteiger partial charge in [0.15, 0.2) is 11.5 Å². The summed E-state index contributed by atoms with van der Waals surface area (Å²) in [6.45, 7) is 3.85. The van der Waals surface area contributed by atoms with Crippen molar-refractivity contribution in [2.45, 2.75) is 13.8 Å². The minimum atomic E-state index is -1.17. The van der Waals surface area contributed by atoms with Gasteiger partial charge in [0.2, 0.25) is 5.76 Å². The van der Waals surface area contributed by atoms with Crippen molar-refractivity contribution in [2.75, 3.05) is 14.2 Å². The summed E-state index contributed by atoms with van der Waals surface area (Å²) < 4.78 is 15.5. The molecule has 0 amide bonds. The standard InChI is InChI=1S/C14H15NO5/c1-7-5-9(10-6-11(14(16)17)20-15-10)13(19-4)12(18-3)8(7)2/h5-6H,1-4H3,(H,16,17). The zero-order chi connectivity index (χ0) is 14.9. The highest BCUT2D eigenvalue weighted by molar-refractivity contribution is 5.86. The summed E-state index contributed by atoms with van der Waals surface area (Å²) in [6.07, 6.45) is 0. The number of aryl methyl sites for hydroxylation is 1. The van der Waals surface area contributed by atoms with E-state index in [1.165, 1.54) is 13.2 Å². The predicted molar refractivity (Wildman–Crippen MR) is 71.5 cm³/mol. The fourth-order valence-electron chi connectivity index (χ4n) is 2.00. The van der Waals surface area contributed by atoms with Crippen molar-refractivity contribution in [3.05, 3.63) is 29.0 Å². The number of benzene rings is 1. The Kier molecular flexibility index (Phi) is 3.65. The first-order valence-corrected chi connectivity index (χ1v) is 5.92. The number of aromatic nitrogens is 1. The molecule has 0 bridgehead atoms. The zero-order valence-electron chi connectivity index (χ0n) is 11.7. The molecule has 0 fully saturated rings. The van der Waals surface area contributed by atoms with Gasteiger partial charge in [0, 0.05) is 11.6 Å². The van der Waals surface area contributed by atoms with E-state index >= 15 is 0 Å². The Bertz CT molecular complexity index is 660. The number of carbonyl (C=O) groups is 1. The molecule has 0 unspecified atom stereocenters. The van der Waals surface area contributed by atoms with Crippen LogP contribution in [-0.2, 0) is 0 Å². The summed E-state index contributed by atoms with van der Waals surface area (Å²) in [5.74, 6) is -0.291. The van der Waals surface area contributed by atoms with Gasteiger partial charge in [-0.1, -0.05) is 5.16 Å². The second-order valence-electron chi connectivity index (χ2n) is 4.31. The molecule has 1 aromatic heterocycles. The first-order chi connectivity index (χ1) is 9.49. The number of ether oxygens (including phenoxy) is 2. The average molecular weight is 277 g/mol. The molecule has 0 saturated heterocycles. The van der Waals surface area contributed by atoms with E-state index in [1.807, 2.05) is 19.9 Å². The third-order valence-corrected chi connectivity index (χ3v) is 3.15. The molecule has 20 heavy (non-hydrogen) atoms. The van der Waals surface area contributed by atoms with Crippen LogP contribution in [0.25, 0.3) is 11.3 Å². The van der Waals surface area contributed by atoms with Gasteiger partial charge in [0.25, 0.3) is 0 Å². The minimum Gasteiger partial charge on any atom is -0.493 e. The van der Waals surface area contributed by atoms with Gasteiger partial charge in [0.05, 0.1) is 14.2 Å². The highest BCUT2D eigenvalue weighted by Crippen LogP contribution is 2.41. The largest absolute Gasteiger partial charge is 0.493 e. The van der Waals surface area contributed by atoms with Crippen molar-refractivity contribution < 1.29 is 23.9 Å². The molecule has 1 N–H and O–H groups in total. The van der Waals surface area contributed by atoms with Crippen LogP contribution >= 0.6 is 0 Å². The third kappa shape index (κ3) is 2.20. The second kappa shape index (κ2) is 5.24. The molecule has 2 rings (SSSR count).